The van der Waals surface area contributed by atoms with E-state index >= 15 is 0 Å². The summed E-state index contributed by atoms with van der Waals surface area (Å²) >= 11 is 0. The van der Waals surface area contributed by atoms with Crippen LogP contribution in [0.2, 0.25) is 0 Å². The SMILES string of the molecule is COc1cccc(NC(=O)CCN2C(=O)[C@H]3CC=CC[C@H]3C2=O)c1. The van der Waals surface area contributed by atoms with Crippen molar-refractivity contribution in [2.75, 3.05) is 19.0 Å². The van der Waals surface area contributed by atoms with E-state index in [2.05, 4.69) is 5.32 Å². The number of methoxy groups -OCH3 is 1. The number of hydrogen-bond donors (Lipinski definition) is 1. The topological polar surface area (TPSA) is 75.7 Å². The maximum Gasteiger partial charge on any atom is 0.233 e. The van der Waals surface area contributed by atoms with Gasteiger partial charge in [-0.15, -0.1) is 0 Å². The monoisotopic (exact) mass is 328 g/mol. The van der Waals surface area contributed by atoms with Crippen molar-refractivity contribution >= 4 is 23.4 Å². The molecule has 0 radical (unpaired) electrons. The summed E-state index contributed by atoms with van der Waals surface area (Å²) in [5.74, 6) is -0.383. The van der Waals surface area contributed by atoms with E-state index < -0.39 is 0 Å². The lowest BCUT2D eigenvalue weighted by Gasteiger charge is -2.14. The van der Waals surface area contributed by atoms with E-state index in [0.29, 0.717) is 24.3 Å². The van der Waals surface area contributed by atoms with Crippen molar-refractivity contribution in [1.29, 1.82) is 0 Å². The van der Waals surface area contributed by atoms with Gasteiger partial charge < -0.3 is 10.1 Å². The molecule has 1 N–H and O–H groups in total. The second-order valence-corrected chi connectivity index (χ2v) is 6.01. The number of benzene rings is 1. The first-order valence-electron chi connectivity index (χ1n) is 8.04. The smallest absolute Gasteiger partial charge is 0.233 e. The maximum atomic E-state index is 12.3. The Hall–Kier alpha value is -2.63. The molecular formula is C18H20N2O4. The molecule has 1 heterocycles. The Bertz CT molecular complexity index is 672. The lowest BCUT2D eigenvalue weighted by molar-refractivity contribution is -0.140. The molecule has 6 heteroatoms. The fourth-order valence-electron chi connectivity index (χ4n) is 3.23. The Morgan fingerprint density at radius 3 is 2.50 bits per heavy atom. The van der Waals surface area contributed by atoms with Crippen molar-refractivity contribution in [2.45, 2.75) is 19.3 Å². The third-order valence-corrected chi connectivity index (χ3v) is 4.51. The van der Waals surface area contributed by atoms with E-state index in [0.717, 1.165) is 0 Å². The highest BCUT2D eigenvalue weighted by molar-refractivity contribution is 6.05. The number of fused-ring (bicyclic) bond motifs is 1. The number of carbonyl (C=O) groups excluding carboxylic acids is 3. The summed E-state index contributed by atoms with van der Waals surface area (Å²) in [4.78, 5) is 38.0. The summed E-state index contributed by atoms with van der Waals surface area (Å²) in [5, 5.41) is 2.75. The molecule has 6 nitrogen and oxygen atoms in total. The number of carbonyl (C=O) groups is 3. The average Bonchev–Trinajstić information content (AvgIpc) is 2.84. The quantitative estimate of drug-likeness (QED) is 0.662. The normalized spacial score (nSPS) is 22.5. The second-order valence-electron chi connectivity index (χ2n) is 6.01. The summed E-state index contributed by atoms with van der Waals surface area (Å²) in [5.41, 5.74) is 0.622. The standard InChI is InChI=1S/C18H20N2O4/c1-24-13-6-4-5-12(11-13)19-16(21)9-10-20-17(22)14-7-2-3-8-15(14)18(20)23/h2-6,11,14-15H,7-10H2,1H3,(H,19,21)/t14-,15+. The van der Waals surface area contributed by atoms with E-state index in [1.165, 1.54) is 4.90 Å². The molecule has 0 aromatic heterocycles. The van der Waals surface area contributed by atoms with Gasteiger partial charge in [0.15, 0.2) is 0 Å². The predicted octanol–water partition coefficient (Wildman–Crippen LogP) is 1.97. The molecule has 3 rings (SSSR count). The van der Waals surface area contributed by atoms with Crippen LogP contribution in [0.1, 0.15) is 19.3 Å². The van der Waals surface area contributed by atoms with Gasteiger partial charge >= 0.3 is 0 Å². The van der Waals surface area contributed by atoms with Crippen LogP contribution in [0.3, 0.4) is 0 Å². The molecule has 24 heavy (non-hydrogen) atoms. The van der Waals surface area contributed by atoms with Crippen molar-refractivity contribution in [2.24, 2.45) is 11.8 Å². The largest absolute Gasteiger partial charge is 0.497 e. The van der Waals surface area contributed by atoms with Crippen molar-refractivity contribution in [3.63, 3.8) is 0 Å². The minimum atomic E-state index is -0.246. The average molecular weight is 328 g/mol. The first-order valence-corrected chi connectivity index (χ1v) is 8.04. The molecule has 126 valence electrons. The number of imide groups is 1. The summed E-state index contributed by atoms with van der Waals surface area (Å²) in [7, 11) is 1.56. The summed E-state index contributed by atoms with van der Waals surface area (Å²) in [6, 6.07) is 7.03. The Kier molecular flexibility index (Phi) is 4.64. The van der Waals surface area contributed by atoms with Gasteiger partial charge in [0.25, 0.3) is 0 Å². The van der Waals surface area contributed by atoms with Crippen LogP contribution in [-0.4, -0.2) is 36.3 Å². The van der Waals surface area contributed by atoms with Crippen LogP contribution in [0.4, 0.5) is 5.69 Å². The van der Waals surface area contributed by atoms with Gasteiger partial charge in [0.05, 0.1) is 18.9 Å². The maximum absolute atomic E-state index is 12.3. The first-order chi connectivity index (χ1) is 11.6. The lowest BCUT2D eigenvalue weighted by Crippen LogP contribution is -2.34. The van der Waals surface area contributed by atoms with Gasteiger partial charge in [-0.1, -0.05) is 18.2 Å². The van der Waals surface area contributed by atoms with Crippen molar-refractivity contribution in [3.8, 4) is 5.75 Å². The zero-order chi connectivity index (χ0) is 17.1. The second kappa shape index (κ2) is 6.86. The molecule has 0 unspecified atom stereocenters. The Morgan fingerprint density at radius 2 is 1.88 bits per heavy atom. The van der Waals surface area contributed by atoms with Gasteiger partial charge in [-0.3, -0.25) is 19.3 Å². The number of nitrogens with one attached hydrogen (secondary N) is 1. The third-order valence-electron chi connectivity index (χ3n) is 4.51. The highest BCUT2D eigenvalue weighted by Crippen LogP contribution is 2.35. The number of allylic oxidation sites excluding steroid dienone is 2. The molecule has 2 atom stereocenters. The number of anilines is 1. The number of nitrogens with zero attached hydrogens (tertiary/aromatic N) is 1. The van der Waals surface area contributed by atoms with Crippen LogP contribution < -0.4 is 10.1 Å². The van der Waals surface area contributed by atoms with Gasteiger partial charge in [0.1, 0.15) is 5.75 Å². The number of amides is 3. The van der Waals surface area contributed by atoms with Crippen LogP contribution in [0.15, 0.2) is 36.4 Å². The number of hydrogen-bond acceptors (Lipinski definition) is 4. The molecule has 1 aromatic carbocycles. The highest BCUT2D eigenvalue weighted by atomic mass is 16.5. The highest BCUT2D eigenvalue weighted by Gasteiger charge is 2.46. The lowest BCUT2D eigenvalue weighted by atomic mass is 9.85. The molecule has 2 aliphatic rings. The van der Waals surface area contributed by atoms with Crippen LogP contribution in [0, 0.1) is 11.8 Å². The molecule has 1 aromatic rings. The van der Waals surface area contributed by atoms with Crippen molar-refractivity contribution in [3.05, 3.63) is 36.4 Å². The zero-order valence-electron chi connectivity index (χ0n) is 13.5. The molecule has 1 fully saturated rings. The van der Waals surface area contributed by atoms with Crippen molar-refractivity contribution in [1.82, 2.24) is 4.90 Å². The first kappa shape index (κ1) is 16.2. The number of ether oxygens (including phenoxy) is 1. The van der Waals surface area contributed by atoms with Crippen LogP contribution >= 0.6 is 0 Å². The van der Waals surface area contributed by atoms with Gasteiger partial charge in [0.2, 0.25) is 17.7 Å². The van der Waals surface area contributed by atoms with Gasteiger partial charge in [0, 0.05) is 24.7 Å². The molecule has 0 bridgehead atoms. The van der Waals surface area contributed by atoms with E-state index in [1.54, 1.807) is 31.4 Å². The summed E-state index contributed by atoms with van der Waals surface area (Å²) < 4.78 is 5.11. The van der Waals surface area contributed by atoms with E-state index in [-0.39, 0.29) is 42.5 Å². The molecule has 1 aliphatic carbocycles. The Labute approximate surface area is 140 Å². The Morgan fingerprint density at radius 1 is 1.21 bits per heavy atom. The molecule has 1 saturated heterocycles. The Balaban J connectivity index is 1.56. The van der Waals surface area contributed by atoms with Crippen LogP contribution in [-0.2, 0) is 14.4 Å². The van der Waals surface area contributed by atoms with Gasteiger partial charge in [-0.25, -0.2) is 0 Å². The minimum absolute atomic E-state index is 0.0849. The van der Waals surface area contributed by atoms with Gasteiger partial charge in [-0.05, 0) is 25.0 Å². The minimum Gasteiger partial charge on any atom is -0.497 e. The number of likely N-dealkylation sites (tertiary alicyclic amines) is 1. The fraction of sp³-hybridized carbons (Fsp3) is 0.389. The molecule has 3 amide bonds. The third kappa shape index (κ3) is 3.18. The molecule has 0 spiro atoms. The van der Waals surface area contributed by atoms with E-state index in [1.807, 2.05) is 12.2 Å². The van der Waals surface area contributed by atoms with E-state index in [9.17, 15) is 14.4 Å². The molecule has 1 aliphatic heterocycles. The zero-order valence-corrected chi connectivity index (χ0v) is 13.5. The van der Waals surface area contributed by atoms with Crippen molar-refractivity contribution < 1.29 is 19.1 Å². The van der Waals surface area contributed by atoms with Crippen LogP contribution in [0.25, 0.3) is 0 Å². The predicted molar refractivity (Wildman–Crippen MR) is 88.3 cm³/mol. The van der Waals surface area contributed by atoms with Crippen LogP contribution in [0.5, 0.6) is 5.75 Å². The summed E-state index contributed by atoms with van der Waals surface area (Å²) in [6.45, 7) is 0.125. The fourth-order valence-corrected chi connectivity index (χ4v) is 3.23. The van der Waals surface area contributed by atoms with E-state index in [4.69, 9.17) is 4.74 Å². The van der Waals surface area contributed by atoms with Gasteiger partial charge in [-0.2, -0.15) is 0 Å². The number of rotatable bonds is 5. The molecule has 0 saturated carbocycles. The summed E-state index contributed by atoms with van der Waals surface area (Å²) in [6.07, 6.45) is 5.21. The molecular weight excluding hydrogens is 308 g/mol.